The van der Waals surface area contributed by atoms with E-state index in [1.54, 1.807) is 17.9 Å². The molecule has 2 aliphatic rings. The first kappa shape index (κ1) is 17.0. The zero-order valence-corrected chi connectivity index (χ0v) is 14.7. The Morgan fingerprint density at radius 3 is 2.46 bits per heavy atom. The van der Waals surface area contributed by atoms with Crippen LogP contribution in [0.15, 0.2) is 16.7 Å². The molecule has 0 aromatic carbocycles. The third kappa shape index (κ3) is 3.48. The fourth-order valence-corrected chi connectivity index (χ4v) is 3.76. The van der Waals surface area contributed by atoms with Crippen molar-refractivity contribution in [2.45, 2.75) is 45.8 Å². The molecule has 0 radical (unpaired) electrons. The van der Waals surface area contributed by atoms with Crippen LogP contribution in [0.1, 0.15) is 42.8 Å². The predicted molar refractivity (Wildman–Crippen MR) is 88.7 cm³/mol. The Bertz CT molecular complexity index is 602. The van der Waals surface area contributed by atoms with Gasteiger partial charge in [-0.25, -0.2) is 0 Å². The molecule has 0 spiro atoms. The summed E-state index contributed by atoms with van der Waals surface area (Å²) in [4.78, 5) is 29.2. The van der Waals surface area contributed by atoms with Crippen LogP contribution in [0.25, 0.3) is 0 Å². The van der Waals surface area contributed by atoms with Gasteiger partial charge in [0, 0.05) is 26.2 Å². The monoisotopic (exact) mass is 334 g/mol. The number of morpholine rings is 1. The lowest BCUT2D eigenvalue weighted by Gasteiger charge is -2.39. The summed E-state index contributed by atoms with van der Waals surface area (Å²) in [5, 5.41) is 0. The number of hydrogen-bond acceptors (Lipinski definition) is 4. The van der Waals surface area contributed by atoms with Crippen molar-refractivity contribution in [2.75, 3.05) is 26.2 Å². The second kappa shape index (κ2) is 6.97. The molecule has 2 amide bonds. The van der Waals surface area contributed by atoms with Crippen molar-refractivity contribution in [3.05, 3.63) is 23.7 Å². The molecule has 0 N–H and O–H groups in total. The van der Waals surface area contributed by atoms with Gasteiger partial charge in [-0.2, -0.15) is 0 Å². The number of nitrogens with zero attached hydrogens (tertiary/aromatic N) is 2. The fraction of sp³-hybridized carbons (Fsp3) is 0.667. The van der Waals surface area contributed by atoms with E-state index in [0.717, 1.165) is 12.8 Å². The lowest BCUT2D eigenvalue weighted by molar-refractivity contribution is -0.148. The van der Waals surface area contributed by atoms with E-state index in [2.05, 4.69) is 0 Å². The molecule has 132 valence electrons. The molecule has 1 aromatic heterocycles. The summed E-state index contributed by atoms with van der Waals surface area (Å²) in [5.74, 6) is 0.623. The lowest BCUT2D eigenvalue weighted by atomic mass is 9.95. The molecular formula is C18H26N2O4. The third-order valence-electron chi connectivity index (χ3n) is 4.88. The molecule has 0 aliphatic carbocycles. The summed E-state index contributed by atoms with van der Waals surface area (Å²) in [6.45, 7) is 8.23. The van der Waals surface area contributed by atoms with Crippen LogP contribution in [0, 0.1) is 12.8 Å². The largest absolute Gasteiger partial charge is 0.469 e. The van der Waals surface area contributed by atoms with Gasteiger partial charge < -0.3 is 19.0 Å². The maximum atomic E-state index is 12.9. The first-order valence-electron chi connectivity index (χ1n) is 8.73. The van der Waals surface area contributed by atoms with Gasteiger partial charge in [0.1, 0.15) is 5.76 Å². The second-order valence-corrected chi connectivity index (χ2v) is 6.98. The van der Waals surface area contributed by atoms with Gasteiger partial charge >= 0.3 is 0 Å². The van der Waals surface area contributed by atoms with Gasteiger partial charge in [-0.15, -0.1) is 0 Å². The number of carbonyl (C=O) groups excluding carboxylic acids is 2. The Hall–Kier alpha value is -1.82. The van der Waals surface area contributed by atoms with Crippen molar-refractivity contribution >= 4 is 11.8 Å². The minimum Gasteiger partial charge on any atom is -0.469 e. The number of hydrogen-bond donors (Lipinski definition) is 0. The summed E-state index contributed by atoms with van der Waals surface area (Å²) in [5.41, 5.74) is 0.594. The highest BCUT2D eigenvalue weighted by molar-refractivity contribution is 5.95. The quantitative estimate of drug-likeness (QED) is 0.831. The highest BCUT2D eigenvalue weighted by atomic mass is 16.5. The van der Waals surface area contributed by atoms with Gasteiger partial charge in [-0.3, -0.25) is 9.59 Å². The topological polar surface area (TPSA) is 63.0 Å². The Kier molecular flexibility index (Phi) is 4.94. The predicted octanol–water partition coefficient (Wildman–Crippen LogP) is 2.08. The molecule has 0 bridgehead atoms. The number of amides is 2. The molecular weight excluding hydrogens is 308 g/mol. The summed E-state index contributed by atoms with van der Waals surface area (Å²) >= 11 is 0. The number of piperidine rings is 1. The van der Waals surface area contributed by atoms with Crippen LogP contribution in [0.2, 0.25) is 0 Å². The fourth-order valence-electron chi connectivity index (χ4n) is 3.76. The van der Waals surface area contributed by atoms with Gasteiger partial charge in [0.25, 0.3) is 5.91 Å². The van der Waals surface area contributed by atoms with Gasteiger partial charge in [0.05, 0.1) is 30.0 Å². The number of ether oxygens (including phenoxy) is 1. The highest BCUT2D eigenvalue weighted by Crippen LogP contribution is 2.23. The van der Waals surface area contributed by atoms with E-state index in [9.17, 15) is 9.59 Å². The number of aryl methyl sites for hydroxylation is 1. The molecule has 2 fully saturated rings. The molecule has 6 nitrogen and oxygen atoms in total. The maximum absolute atomic E-state index is 12.9. The van der Waals surface area contributed by atoms with Gasteiger partial charge in [-0.05, 0) is 39.7 Å². The minimum atomic E-state index is -0.118. The molecule has 2 saturated heterocycles. The summed E-state index contributed by atoms with van der Waals surface area (Å²) < 4.78 is 10.9. The SMILES string of the molecule is Cc1occc1C(=O)N1CCC[C@H](C(=O)N2C[C@@H](C)O[C@@H](C)C2)C1. The van der Waals surface area contributed by atoms with Crippen molar-refractivity contribution in [3.8, 4) is 0 Å². The number of furan rings is 1. The Morgan fingerprint density at radius 2 is 1.83 bits per heavy atom. The van der Waals surface area contributed by atoms with Crippen LogP contribution in [0.4, 0.5) is 0 Å². The van der Waals surface area contributed by atoms with Crippen LogP contribution in [0.3, 0.4) is 0 Å². The third-order valence-corrected chi connectivity index (χ3v) is 4.88. The molecule has 3 atom stereocenters. The van der Waals surface area contributed by atoms with E-state index in [1.165, 1.54) is 6.26 Å². The van der Waals surface area contributed by atoms with Crippen molar-refractivity contribution in [1.29, 1.82) is 0 Å². The summed E-state index contributed by atoms with van der Waals surface area (Å²) in [6, 6.07) is 1.70. The molecule has 0 saturated carbocycles. The number of carbonyl (C=O) groups is 2. The average molecular weight is 334 g/mol. The van der Waals surface area contributed by atoms with E-state index in [1.807, 2.05) is 18.7 Å². The van der Waals surface area contributed by atoms with E-state index in [0.29, 0.717) is 37.5 Å². The van der Waals surface area contributed by atoms with Crippen LogP contribution < -0.4 is 0 Å². The second-order valence-electron chi connectivity index (χ2n) is 6.98. The molecule has 3 rings (SSSR count). The molecule has 1 aromatic rings. The standard InChI is InChI=1S/C18H26N2O4/c1-12-9-20(10-13(2)24-12)17(21)15-5-4-7-19(11-15)18(22)16-6-8-23-14(16)3/h6,8,12-13,15H,4-5,7,9-11H2,1-3H3/t12-,13+,15-/m0/s1. The first-order chi connectivity index (χ1) is 11.5. The van der Waals surface area contributed by atoms with Crippen LogP contribution >= 0.6 is 0 Å². The average Bonchev–Trinajstić information content (AvgIpc) is 2.98. The van der Waals surface area contributed by atoms with Crippen LogP contribution in [0.5, 0.6) is 0 Å². The smallest absolute Gasteiger partial charge is 0.257 e. The Balaban J connectivity index is 1.66. The van der Waals surface area contributed by atoms with E-state index in [4.69, 9.17) is 9.15 Å². The van der Waals surface area contributed by atoms with Crippen molar-refractivity contribution in [3.63, 3.8) is 0 Å². The summed E-state index contributed by atoms with van der Waals surface area (Å²) in [7, 11) is 0. The first-order valence-corrected chi connectivity index (χ1v) is 8.73. The molecule has 0 unspecified atom stereocenters. The van der Waals surface area contributed by atoms with Crippen molar-refractivity contribution in [1.82, 2.24) is 9.80 Å². The molecule has 6 heteroatoms. The minimum absolute atomic E-state index is 0.0394. The zero-order chi connectivity index (χ0) is 17.3. The van der Waals surface area contributed by atoms with Gasteiger partial charge in [0.15, 0.2) is 0 Å². The van der Waals surface area contributed by atoms with Crippen molar-refractivity contribution in [2.24, 2.45) is 5.92 Å². The summed E-state index contributed by atoms with van der Waals surface area (Å²) in [6.07, 6.45) is 3.35. The molecule has 2 aliphatic heterocycles. The highest BCUT2D eigenvalue weighted by Gasteiger charge is 2.34. The normalized spacial score (nSPS) is 28.0. The Labute approximate surface area is 142 Å². The van der Waals surface area contributed by atoms with Gasteiger partial charge in [-0.1, -0.05) is 0 Å². The molecule has 3 heterocycles. The zero-order valence-electron chi connectivity index (χ0n) is 14.7. The number of likely N-dealkylation sites (tertiary alicyclic amines) is 1. The van der Waals surface area contributed by atoms with Crippen molar-refractivity contribution < 1.29 is 18.7 Å². The lowest BCUT2D eigenvalue weighted by Crippen LogP contribution is -2.53. The van der Waals surface area contributed by atoms with E-state index >= 15 is 0 Å². The van der Waals surface area contributed by atoms with E-state index < -0.39 is 0 Å². The van der Waals surface area contributed by atoms with Crippen LogP contribution in [-0.4, -0.2) is 60.0 Å². The van der Waals surface area contributed by atoms with Crippen LogP contribution in [-0.2, 0) is 9.53 Å². The Morgan fingerprint density at radius 1 is 1.12 bits per heavy atom. The maximum Gasteiger partial charge on any atom is 0.257 e. The van der Waals surface area contributed by atoms with Gasteiger partial charge in [0.2, 0.25) is 5.91 Å². The van der Waals surface area contributed by atoms with E-state index in [-0.39, 0.29) is 29.9 Å². The number of rotatable bonds is 2. The molecule has 24 heavy (non-hydrogen) atoms.